The summed E-state index contributed by atoms with van der Waals surface area (Å²) in [6.07, 6.45) is 0. The van der Waals surface area contributed by atoms with Gasteiger partial charge >= 0.3 is 5.97 Å². The Morgan fingerprint density at radius 1 is 1.14 bits per heavy atom. The molecule has 2 aromatic carbocycles. The first-order chi connectivity index (χ1) is 10.0. The number of methoxy groups -OCH3 is 1. The number of aryl methyl sites for hydroxylation is 2. The Hall–Kier alpha value is -2.49. The molecule has 0 heterocycles. The molecular weight excluding hydrogens is 268 g/mol. The molecule has 4 nitrogen and oxygen atoms in total. The molecule has 0 aromatic heterocycles. The van der Waals surface area contributed by atoms with E-state index >= 15 is 0 Å². The summed E-state index contributed by atoms with van der Waals surface area (Å²) in [5.41, 5.74) is 3.47. The van der Waals surface area contributed by atoms with Crippen LogP contribution in [0, 0.1) is 13.8 Å². The maximum atomic E-state index is 11.3. The smallest absolute Gasteiger partial charge is 0.339 e. The number of hydrogen-bond donors (Lipinski definition) is 1. The van der Waals surface area contributed by atoms with Crippen molar-refractivity contribution in [3.05, 3.63) is 58.7 Å². The first-order valence-electron chi connectivity index (χ1n) is 6.62. The van der Waals surface area contributed by atoms with Crippen molar-refractivity contribution < 1.29 is 19.4 Å². The summed E-state index contributed by atoms with van der Waals surface area (Å²) >= 11 is 0. The fourth-order valence-corrected chi connectivity index (χ4v) is 2.04. The van der Waals surface area contributed by atoms with Crippen LogP contribution in [0.2, 0.25) is 0 Å². The fourth-order valence-electron chi connectivity index (χ4n) is 2.04. The molecule has 2 aromatic rings. The van der Waals surface area contributed by atoms with Crippen LogP contribution in [-0.2, 0) is 6.61 Å². The lowest BCUT2D eigenvalue weighted by Gasteiger charge is -2.13. The molecular formula is C17H18O4. The third-order valence-corrected chi connectivity index (χ3v) is 3.38. The zero-order valence-electron chi connectivity index (χ0n) is 12.3. The number of para-hydroxylation sites is 1. The van der Waals surface area contributed by atoms with E-state index in [1.165, 1.54) is 24.3 Å². The van der Waals surface area contributed by atoms with Gasteiger partial charge in [-0.1, -0.05) is 24.3 Å². The van der Waals surface area contributed by atoms with Crippen LogP contribution >= 0.6 is 0 Å². The molecule has 0 aliphatic carbocycles. The second-order valence-electron chi connectivity index (χ2n) is 4.85. The van der Waals surface area contributed by atoms with Crippen molar-refractivity contribution in [1.29, 1.82) is 0 Å². The second kappa shape index (κ2) is 6.31. The molecule has 0 amide bonds. The SMILES string of the molecule is COc1cccc(C(=O)O)c1OCc1ccc(C)c(C)c1. The average Bonchev–Trinajstić information content (AvgIpc) is 2.48. The van der Waals surface area contributed by atoms with E-state index in [-0.39, 0.29) is 11.3 Å². The quantitative estimate of drug-likeness (QED) is 0.912. The Balaban J connectivity index is 2.26. The lowest BCUT2D eigenvalue weighted by Crippen LogP contribution is -2.05. The molecule has 0 spiro atoms. The summed E-state index contributed by atoms with van der Waals surface area (Å²) in [4.78, 5) is 11.3. The standard InChI is InChI=1S/C17H18O4/c1-11-7-8-13(9-12(11)2)10-21-16-14(17(18)19)5-4-6-15(16)20-3/h4-9H,10H2,1-3H3,(H,18,19). The van der Waals surface area contributed by atoms with E-state index < -0.39 is 5.97 Å². The molecule has 0 saturated heterocycles. The Labute approximate surface area is 123 Å². The van der Waals surface area contributed by atoms with Crippen molar-refractivity contribution in [2.45, 2.75) is 20.5 Å². The van der Waals surface area contributed by atoms with E-state index in [4.69, 9.17) is 9.47 Å². The number of carbonyl (C=O) groups is 1. The Morgan fingerprint density at radius 2 is 1.90 bits per heavy atom. The third kappa shape index (κ3) is 3.34. The molecule has 2 rings (SSSR count). The van der Waals surface area contributed by atoms with Gasteiger partial charge in [0, 0.05) is 0 Å². The Kier molecular flexibility index (Phi) is 4.48. The topological polar surface area (TPSA) is 55.8 Å². The number of carboxylic acids is 1. The molecule has 0 fully saturated rings. The van der Waals surface area contributed by atoms with Crippen LogP contribution in [0.4, 0.5) is 0 Å². The molecule has 0 atom stereocenters. The maximum Gasteiger partial charge on any atom is 0.339 e. The lowest BCUT2D eigenvalue weighted by atomic mass is 10.1. The minimum Gasteiger partial charge on any atom is -0.493 e. The molecule has 21 heavy (non-hydrogen) atoms. The first-order valence-corrected chi connectivity index (χ1v) is 6.62. The number of hydrogen-bond acceptors (Lipinski definition) is 3. The minimum atomic E-state index is -1.04. The van der Waals surface area contributed by atoms with E-state index in [1.54, 1.807) is 12.1 Å². The fraction of sp³-hybridized carbons (Fsp3) is 0.235. The summed E-state index contributed by atoms with van der Waals surface area (Å²) in [6.45, 7) is 4.37. The second-order valence-corrected chi connectivity index (χ2v) is 4.85. The maximum absolute atomic E-state index is 11.3. The van der Waals surface area contributed by atoms with Crippen LogP contribution in [0.15, 0.2) is 36.4 Å². The summed E-state index contributed by atoms with van der Waals surface area (Å²) in [5, 5.41) is 9.23. The van der Waals surface area contributed by atoms with E-state index in [0.717, 1.165) is 5.56 Å². The third-order valence-electron chi connectivity index (χ3n) is 3.38. The van der Waals surface area contributed by atoms with E-state index in [2.05, 4.69) is 0 Å². The van der Waals surface area contributed by atoms with E-state index in [9.17, 15) is 9.90 Å². The number of benzene rings is 2. The number of rotatable bonds is 5. The van der Waals surface area contributed by atoms with Crippen LogP contribution < -0.4 is 9.47 Å². The van der Waals surface area contributed by atoms with Crippen LogP contribution in [0.5, 0.6) is 11.5 Å². The van der Waals surface area contributed by atoms with E-state index in [0.29, 0.717) is 12.4 Å². The van der Waals surface area contributed by atoms with Gasteiger partial charge in [-0.15, -0.1) is 0 Å². The molecule has 0 aliphatic rings. The van der Waals surface area contributed by atoms with E-state index in [1.807, 2.05) is 32.0 Å². The molecule has 1 N–H and O–H groups in total. The van der Waals surface area contributed by atoms with Crippen LogP contribution in [0.3, 0.4) is 0 Å². The van der Waals surface area contributed by atoms with Gasteiger partial charge < -0.3 is 14.6 Å². The normalized spacial score (nSPS) is 10.2. The Morgan fingerprint density at radius 3 is 2.52 bits per heavy atom. The molecule has 0 unspecified atom stereocenters. The molecule has 110 valence electrons. The van der Waals surface area contributed by atoms with Gasteiger partial charge in [-0.25, -0.2) is 4.79 Å². The van der Waals surface area contributed by atoms with Gasteiger partial charge in [-0.2, -0.15) is 0 Å². The predicted octanol–water partition coefficient (Wildman–Crippen LogP) is 3.59. The predicted molar refractivity (Wildman–Crippen MR) is 80.2 cm³/mol. The molecule has 0 bridgehead atoms. The number of aromatic carboxylic acids is 1. The van der Waals surface area contributed by atoms with Gasteiger partial charge in [0.25, 0.3) is 0 Å². The molecule has 0 saturated carbocycles. The van der Waals surface area contributed by atoms with Crippen molar-refractivity contribution in [3.63, 3.8) is 0 Å². The zero-order chi connectivity index (χ0) is 15.4. The summed E-state index contributed by atoms with van der Waals surface area (Å²) in [6, 6.07) is 10.8. The molecule has 4 heteroatoms. The van der Waals surface area contributed by atoms with Crippen molar-refractivity contribution in [2.24, 2.45) is 0 Å². The highest BCUT2D eigenvalue weighted by Crippen LogP contribution is 2.31. The van der Waals surface area contributed by atoms with Gasteiger partial charge in [-0.05, 0) is 42.7 Å². The van der Waals surface area contributed by atoms with Gasteiger partial charge in [-0.3, -0.25) is 0 Å². The van der Waals surface area contributed by atoms with Gasteiger partial charge in [0.1, 0.15) is 12.2 Å². The van der Waals surface area contributed by atoms with Crippen molar-refractivity contribution in [1.82, 2.24) is 0 Å². The summed E-state index contributed by atoms with van der Waals surface area (Å²) < 4.78 is 10.9. The molecule has 0 aliphatic heterocycles. The highest BCUT2D eigenvalue weighted by atomic mass is 16.5. The van der Waals surface area contributed by atoms with Crippen LogP contribution in [-0.4, -0.2) is 18.2 Å². The van der Waals surface area contributed by atoms with Crippen molar-refractivity contribution in [2.75, 3.05) is 7.11 Å². The number of ether oxygens (including phenoxy) is 2. The van der Waals surface area contributed by atoms with Crippen molar-refractivity contribution >= 4 is 5.97 Å². The zero-order valence-corrected chi connectivity index (χ0v) is 12.3. The highest BCUT2D eigenvalue weighted by Gasteiger charge is 2.16. The lowest BCUT2D eigenvalue weighted by molar-refractivity contribution is 0.0691. The summed E-state index contributed by atoms with van der Waals surface area (Å²) in [7, 11) is 1.49. The minimum absolute atomic E-state index is 0.0955. The van der Waals surface area contributed by atoms with Crippen LogP contribution in [0.1, 0.15) is 27.0 Å². The van der Waals surface area contributed by atoms with Crippen LogP contribution in [0.25, 0.3) is 0 Å². The largest absolute Gasteiger partial charge is 0.493 e. The monoisotopic (exact) mass is 286 g/mol. The first kappa shape index (κ1) is 14.9. The van der Waals surface area contributed by atoms with Gasteiger partial charge in [0.15, 0.2) is 11.5 Å². The van der Waals surface area contributed by atoms with Gasteiger partial charge in [0.2, 0.25) is 0 Å². The number of carboxylic acid groups (broad SMARTS) is 1. The Bertz CT molecular complexity index is 662. The van der Waals surface area contributed by atoms with Crippen molar-refractivity contribution in [3.8, 4) is 11.5 Å². The highest BCUT2D eigenvalue weighted by molar-refractivity contribution is 5.92. The van der Waals surface area contributed by atoms with Gasteiger partial charge in [0.05, 0.1) is 7.11 Å². The molecule has 0 radical (unpaired) electrons. The summed E-state index contributed by atoms with van der Waals surface area (Å²) in [5.74, 6) is -0.367. The average molecular weight is 286 g/mol.